The van der Waals surface area contributed by atoms with Gasteiger partial charge in [0.25, 0.3) is 0 Å². The van der Waals surface area contributed by atoms with Crippen molar-refractivity contribution in [3.05, 3.63) is 28.5 Å². The van der Waals surface area contributed by atoms with Gasteiger partial charge in [-0.05, 0) is 67.0 Å². The van der Waals surface area contributed by atoms with Crippen LogP contribution in [0.3, 0.4) is 0 Å². The summed E-state index contributed by atoms with van der Waals surface area (Å²) in [6.45, 7) is 16.7. The van der Waals surface area contributed by atoms with Gasteiger partial charge in [-0.3, -0.25) is 0 Å². The molecule has 1 N–H and O–H groups in total. The summed E-state index contributed by atoms with van der Waals surface area (Å²) in [6.07, 6.45) is -1.04. The van der Waals surface area contributed by atoms with Gasteiger partial charge in [0, 0.05) is 24.4 Å². The molecule has 4 nitrogen and oxygen atoms in total. The molecule has 0 aliphatic carbocycles. The maximum absolute atomic E-state index is 15.2. The van der Waals surface area contributed by atoms with E-state index < -0.39 is 36.6 Å². The number of alkyl halides is 1. The Morgan fingerprint density at radius 1 is 1.26 bits per heavy atom. The highest BCUT2D eigenvalue weighted by Crippen LogP contribution is 2.37. The van der Waals surface area contributed by atoms with Crippen molar-refractivity contribution in [3.63, 3.8) is 0 Å². The van der Waals surface area contributed by atoms with Crippen molar-refractivity contribution >= 4 is 35.6 Å². The van der Waals surface area contributed by atoms with Crippen LogP contribution in [0, 0.1) is 0 Å². The average Bonchev–Trinajstić information content (AvgIpc) is 2.49. The van der Waals surface area contributed by atoms with Crippen LogP contribution < -0.4 is 4.72 Å². The third kappa shape index (κ3) is 7.74. The van der Waals surface area contributed by atoms with Crippen molar-refractivity contribution in [2.75, 3.05) is 6.61 Å². The molecule has 0 amide bonds. The average molecular weight is 482 g/mol. The fourth-order valence-electron chi connectivity index (χ4n) is 2.02. The zero-order chi connectivity index (χ0) is 21.0. The minimum absolute atomic E-state index is 0.0794. The van der Waals surface area contributed by atoms with Crippen LogP contribution in [-0.2, 0) is 15.8 Å². The molecule has 156 valence electrons. The topological polar surface area (TPSA) is 57.2 Å². The molecule has 0 fully saturated rings. The third-order valence-corrected chi connectivity index (χ3v) is 11.4. The standard InChI is InChI=1S/C19H34BrFN2O2SSi/c1-18(2,3)26(24)23-17(15-10-9-11-16(20)22-15)14(21)12-13-25-27(7,8)19(4,5)6/h9-11,14,17,23H,12-13H2,1-8H3/t14-,17+,26?/m1/s1. The van der Waals surface area contributed by atoms with Crippen molar-refractivity contribution in [2.24, 2.45) is 0 Å². The van der Waals surface area contributed by atoms with Gasteiger partial charge in [-0.15, -0.1) is 4.72 Å². The predicted molar refractivity (Wildman–Crippen MR) is 118 cm³/mol. The molecule has 0 spiro atoms. The smallest absolute Gasteiger partial charge is 0.191 e. The minimum Gasteiger partial charge on any atom is -0.598 e. The summed E-state index contributed by atoms with van der Waals surface area (Å²) in [5.74, 6) is 0. The molecule has 0 saturated carbocycles. The van der Waals surface area contributed by atoms with Gasteiger partial charge in [0.15, 0.2) is 8.32 Å². The molecule has 1 heterocycles. The maximum atomic E-state index is 15.2. The van der Waals surface area contributed by atoms with Gasteiger partial charge in [0.05, 0.1) is 5.69 Å². The molecule has 0 aromatic carbocycles. The number of nitrogens with zero attached hydrogens (tertiary/aromatic N) is 1. The first-order valence-corrected chi connectivity index (χ1v) is 14.1. The molecular formula is C19H34BrFN2O2SSi. The molecule has 1 aromatic rings. The minimum atomic E-state index is -1.93. The van der Waals surface area contributed by atoms with E-state index >= 15 is 4.39 Å². The number of aromatic nitrogens is 1. The van der Waals surface area contributed by atoms with E-state index in [1.165, 1.54) is 0 Å². The van der Waals surface area contributed by atoms with Crippen LogP contribution in [0.4, 0.5) is 4.39 Å². The fraction of sp³-hybridized carbons (Fsp3) is 0.737. The molecule has 8 heteroatoms. The summed E-state index contributed by atoms with van der Waals surface area (Å²) < 4.78 is 36.9. The molecule has 1 rings (SSSR count). The zero-order valence-corrected chi connectivity index (χ0v) is 21.1. The van der Waals surface area contributed by atoms with Gasteiger partial charge in [-0.1, -0.05) is 26.8 Å². The normalized spacial score (nSPS) is 16.9. The van der Waals surface area contributed by atoms with Crippen LogP contribution in [0.2, 0.25) is 18.1 Å². The predicted octanol–water partition coefficient (Wildman–Crippen LogP) is 5.69. The highest BCUT2D eigenvalue weighted by molar-refractivity contribution is 9.10. The second kappa shape index (κ2) is 9.67. The fourth-order valence-corrected chi connectivity index (χ4v) is 4.29. The van der Waals surface area contributed by atoms with E-state index in [-0.39, 0.29) is 11.5 Å². The van der Waals surface area contributed by atoms with Crippen molar-refractivity contribution in [1.29, 1.82) is 0 Å². The Kier molecular flexibility index (Phi) is 8.97. The number of hydrogen-bond donors (Lipinski definition) is 1. The van der Waals surface area contributed by atoms with Gasteiger partial charge in [0.1, 0.15) is 21.6 Å². The Balaban J connectivity index is 2.89. The van der Waals surface area contributed by atoms with Gasteiger partial charge in [0.2, 0.25) is 0 Å². The summed E-state index contributed by atoms with van der Waals surface area (Å²) in [6, 6.07) is 4.59. The summed E-state index contributed by atoms with van der Waals surface area (Å²) in [4.78, 5) is 4.37. The van der Waals surface area contributed by atoms with Crippen LogP contribution in [0.25, 0.3) is 0 Å². The largest absolute Gasteiger partial charge is 0.598 e. The number of nitrogens with one attached hydrogen (secondary N) is 1. The lowest BCUT2D eigenvalue weighted by Gasteiger charge is -2.36. The second-order valence-electron chi connectivity index (χ2n) is 9.28. The monoisotopic (exact) mass is 480 g/mol. The van der Waals surface area contributed by atoms with E-state index in [1.807, 2.05) is 20.8 Å². The van der Waals surface area contributed by atoms with Gasteiger partial charge < -0.3 is 8.98 Å². The van der Waals surface area contributed by atoms with E-state index in [0.29, 0.717) is 16.9 Å². The Hall–Kier alpha value is 0.00688. The number of halogens is 2. The second-order valence-corrected chi connectivity index (χ2v) is 16.9. The molecule has 0 aliphatic rings. The number of hydrogen-bond acceptors (Lipinski definition) is 4. The number of rotatable bonds is 8. The summed E-state index contributed by atoms with van der Waals surface area (Å²) in [5, 5.41) is 0.0794. The lowest BCUT2D eigenvalue weighted by Crippen LogP contribution is -2.45. The van der Waals surface area contributed by atoms with Crippen molar-refractivity contribution in [2.45, 2.75) is 83.1 Å². The van der Waals surface area contributed by atoms with Gasteiger partial charge >= 0.3 is 0 Å². The van der Waals surface area contributed by atoms with Crippen molar-refractivity contribution < 1.29 is 13.4 Å². The quantitative estimate of drug-likeness (QED) is 0.295. The molecule has 1 unspecified atom stereocenters. The van der Waals surface area contributed by atoms with E-state index in [4.69, 9.17) is 4.43 Å². The van der Waals surface area contributed by atoms with E-state index in [1.54, 1.807) is 18.2 Å². The Labute approximate surface area is 176 Å². The molecule has 3 atom stereocenters. The first kappa shape index (κ1) is 25.0. The lowest BCUT2D eigenvalue weighted by molar-refractivity contribution is 0.192. The zero-order valence-electron chi connectivity index (χ0n) is 17.7. The van der Waals surface area contributed by atoms with Crippen molar-refractivity contribution in [1.82, 2.24) is 9.71 Å². The summed E-state index contributed by atoms with van der Waals surface area (Å²) in [7, 11) is -1.93. The van der Waals surface area contributed by atoms with Crippen LogP contribution in [-0.4, -0.2) is 35.4 Å². The van der Waals surface area contributed by atoms with E-state index in [9.17, 15) is 4.55 Å². The van der Waals surface area contributed by atoms with Crippen molar-refractivity contribution in [3.8, 4) is 0 Å². The van der Waals surface area contributed by atoms with Gasteiger partial charge in [-0.2, -0.15) is 0 Å². The molecule has 0 bridgehead atoms. The maximum Gasteiger partial charge on any atom is 0.191 e. The third-order valence-electron chi connectivity index (χ3n) is 4.87. The molecule has 0 radical (unpaired) electrons. The summed E-state index contributed by atoms with van der Waals surface area (Å²) in [5.41, 5.74) is 0.529. The van der Waals surface area contributed by atoms with Crippen LogP contribution in [0.5, 0.6) is 0 Å². The van der Waals surface area contributed by atoms with E-state index in [2.05, 4.69) is 59.5 Å². The molecular weight excluding hydrogens is 447 g/mol. The van der Waals surface area contributed by atoms with Gasteiger partial charge in [-0.25, -0.2) is 9.37 Å². The molecule has 27 heavy (non-hydrogen) atoms. The Bertz CT molecular complexity index is 608. The first-order valence-electron chi connectivity index (χ1n) is 9.24. The Morgan fingerprint density at radius 2 is 1.85 bits per heavy atom. The summed E-state index contributed by atoms with van der Waals surface area (Å²) >= 11 is 1.92. The SMILES string of the molecule is CC(C)(C)[S+]([O-])N[C@H](c1cccc(Br)n1)[C@H](F)CCO[Si](C)(C)C(C)(C)C. The van der Waals surface area contributed by atoms with E-state index in [0.717, 1.165) is 0 Å². The van der Waals surface area contributed by atoms with Crippen LogP contribution in [0.1, 0.15) is 59.7 Å². The Morgan fingerprint density at radius 3 is 2.33 bits per heavy atom. The molecule has 0 saturated heterocycles. The number of pyridine rings is 1. The molecule has 0 aliphatic heterocycles. The lowest BCUT2D eigenvalue weighted by atomic mass is 10.1. The molecule has 1 aromatic heterocycles. The van der Waals surface area contributed by atoms with Crippen LogP contribution >= 0.6 is 15.9 Å². The first-order chi connectivity index (χ1) is 12.1. The van der Waals surface area contributed by atoms with Crippen LogP contribution in [0.15, 0.2) is 22.8 Å². The highest BCUT2D eigenvalue weighted by Gasteiger charge is 2.38. The highest BCUT2D eigenvalue weighted by atomic mass is 79.9.